The molecule has 0 bridgehead atoms. The number of anilines is 3. The molecule has 4 N–H and O–H groups in total. The van der Waals surface area contributed by atoms with Gasteiger partial charge in [-0.3, -0.25) is 0 Å². The van der Waals surface area contributed by atoms with E-state index in [1.54, 1.807) is 0 Å². The molecule has 1 aromatic heterocycles. The zero-order valence-corrected chi connectivity index (χ0v) is 19.6. The highest BCUT2D eigenvalue weighted by Crippen LogP contribution is 2.45. The van der Waals surface area contributed by atoms with Gasteiger partial charge in [0.05, 0.1) is 30.1 Å². The van der Waals surface area contributed by atoms with Gasteiger partial charge in [-0.2, -0.15) is 0 Å². The normalized spacial score (nSPS) is 19.0. The van der Waals surface area contributed by atoms with Crippen LogP contribution in [0.15, 0.2) is 42.5 Å². The molecule has 0 unspecified atom stereocenters. The highest BCUT2D eigenvalue weighted by atomic mass is 16.5. The van der Waals surface area contributed by atoms with Crippen molar-refractivity contribution in [2.75, 3.05) is 42.3 Å². The van der Waals surface area contributed by atoms with E-state index in [-0.39, 0.29) is 6.03 Å². The van der Waals surface area contributed by atoms with E-state index >= 15 is 0 Å². The zero-order chi connectivity index (χ0) is 23.1. The molecule has 2 amide bonds. The van der Waals surface area contributed by atoms with E-state index < -0.39 is 0 Å². The number of nitrogen functional groups attached to an aromatic ring is 1. The number of nitrogens with one attached hydrogen (secondary N) is 2. The summed E-state index contributed by atoms with van der Waals surface area (Å²) in [4.78, 5) is 14.6. The summed E-state index contributed by atoms with van der Waals surface area (Å²) in [6.07, 6.45) is 6.96. The Labute approximate surface area is 200 Å². The number of benzene rings is 2. The fraction of sp³-hybridized carbons (Fsp3) is 0.444. The molecule has 1 aliphatic heterocycles. The minimum absolute atomic E-state index is 0.129. The number of carbonyl (C=O) groups is 1. The largest absolute Gasteiger partial charge is 0.396 e. The molecule has 2 aromatic carbocycles. The van der Waals surface area contributed by atoms with E-state index in [1.165, 1.54) is 36.9 Å². The van der Waals surface area contributed by atoms with Gasteiger partial charge in [0.25, 0.3) is 0 Å². The third kappa shape index (κ3) is 3.88. The number of nitrogens with zero attached hydrogens (tertiary/aromatic N) is 2. The lowest BCUT2D eigenvalue weighted by Crippen LogP contribution is -2.41. The summed E-state index contributed by atoms with van der Waals surface area (Å²) in [6, 6.07) is 15.4. The van der Waals surface area contributed by atoms with Crippen molar-refractivity contribution in [2.45, 2.75) is 50.6 Å². The van der Waals surface area contributed by atoms with E-state index in [2.05, 4.69) is 50.4 Å². The maximum Gasteiger partial charge on any atom is 0.319 e. The first-order valence-electron chi connectivity index (χ1n) is 12.6. The van der Waals surface area contributed by atoms with Crippen LogP contribution in [-0.4, -0.2) is 42.9 Å². The molecular formula is C27H33N5O2. The van der Waals surface area contributed by atoms with Crippen molar-refractivity contribution < 1.29 is 9.53 Å². The maximum absolute atomic E-state index is 12.2. The number of carbonyl (C=O) groups excluding carboxylic acids is 1. The maximum atomic E-state index is 12.2. The highest BCUT2D eigenvalue weighted by Gasteiger charge is 2.27. The lowest BCUT2D eigenvalue weighted by Gasteiger charge is -2.31. The van der Waals surface area contributed by atoms with Crippen LogP contribution in [0.5, 0.6) is 0 Å². The van der Waals surface area contributed by atoms with Crippen molar-refractivity contribution in [1.29, 1.82) is 0 Å². The van der Waals surface area contributed by atoms with Gasteiger partial charge in [-0.1, -0.05) is 12.1 Å². The second kappa shape index (κ2) is 8.87. The van der Waals surface area contributed by atoms with Gasteiger partial charge in [0.2, 0.25) is 0 Å². The summed E-state index contributed by atoms with van der Waals surface area (Å²) >= 11 is 0. The first-order valence-corrected chi connectivity index (χ1v) is 12.6. The Morgan fingerprint density at radius 2 is 1.71 bits per heavy atom. The average molecular weight is 460 g/mol. The molecule has 7 nitrogen and oxygen atoms in total. The molecule has 1 saturated heterocycles. The first-order chi connectivity index (χ1) is 16.7. The average Bonchev–Trinajstić information content (AvgIpc) is 3.08. The van der Waals surface area contributed by atoms with Gasteiger partial charge in [0.15, 0.2) is 0 Å². The molecule has 7 heteroatoms. The molecule has 34 heavy (non-hydrogen) atoms. The Morgan fingerprint density at radius 3 is 2.35 bits per heavy atom. The highest BCUT2D eigenvalue weighted by molar-refractivity contribution is 6.02. The monoisotopic (exact) mass is 459 g/mol. The molecule has 3 aliphatic rings. The van der Waals surface area contributed by atoms with E-state index in [1.807, 2.05) is 12.1 Å². The number of aromatic nitrogens is 1. The van der Waals surface area contributed by atoms with Crippen LogP contribution < -0.4 is 21.3 Å². The fourth-order valence-corrected chi connectivity index (χ4v) is 5.28. The standard InChI is InChI=1S/C27H33N5O2/c28-25-23-12-11-22(31-13-15-34-16-14-31)17-24(23)32(21-5-2-6-21)26(25)18-7-9-20(10-8-18)30-27(33)29-19-3-1-4-19/h7-12,17,19,21H,1-6,13-16,28H2,(H2,29,30,33). The number of morpholine rings is 1. The van der Waals surface area contributed by atoms with Crippen LogP contribution in [0.3, 0.4) is 0 Å². The van der Waals surface area contributed by atoms with E-state index in [0.29, 0.717) is 12.1 Å². The Kier molecular flexibility index (Phi) is 5.57. The second-order valence-corrected chi connectivity index (χ2v) is 9.82. The van der Waals surface area contributed by atoms with Gasteiger partial charge in [0, 0.05) is 47.5 Å². The van der Waals surface area contributed by atoms with Crippen LogP contribution in [-0.2, 0) is 4.74 Å². The minimum atomic E-state index is -0.129. The molecule has 0 spiro atoms. The Morgan fingerprint density at radius 1 is 0.971 bits per heavy atom. The third-order valence-electron chi connectivity index (χ3n) is 7.70. The van der Waals surface area contributed by atoms with Crippen molar-refractivity contribution in [3.63, 3.8) is 0 Å². The van der Waals surface area contributed by atoms with Gasteiger partial charge in [-0.05, 0) is 68.9 Å². The molecular weight excluding hydrogens is 426 g/mol. The van der Waals surface area contributed by atoms with E-state index in [4.69, 9.17) is 10.5 Å². The van der Waals surface area contributed by atoms with Gasteiger partial charge in [0.1, 0.15) is 0 Å². The number of hydrogen-bond acceptors (Lipinski definition) is 4. The summed E-state index contributed by atoms with van der Waals surface area (Å²) < 4.78 is 8.00. The zero-order valence-electron chi connectivity index (χ0n) is 19.6. The quantitative estimate of drug-likeness (QED) is 0.494. The SMILES string of the molecule is Nc1c(-c2ccc(NC(=O)NC3CCC3)cc2)n(C2CCC2)c2cc(N3CCOCC3)ccc12. The van der Waals surface area contributed by atoms with E-state index in [0.717, 1.165) is 67.2 Å². The van der Waals surface area contributed by atoms with Crippen molar-refractivity contribution in [2.24, 2.45) is 0 Å². The predicted molar refractivity (Wildman–Crippen MR) is 137 cm³/mol. The van der Waals surface area contributed by atoms with Crippen LogP contribution >= 0.6 is 0 Å². The molecule has 0 atom stereocenters. The summed E-state index contributed by atoms with van der Waals surface area (Å²) in [7, 11) is 0. The Hall–Kier alpha value is -3.19. The third-order valence-corrected chi connectivity index (χ3v) is 7.70. The topological polar surface area (TPSA) is 84.5 Å². The first kappa shape index (κ1) is 21.4. The molecule has 2 heterocycles. The van der Waals surface area contributed by atoms with Crippen LogP contribution in [0.4, 0.5) is 21.9 Å². The Bertz CT molecular complexity index is 1190. The van der Waals surface area contributed by atoms with Gasteiger partial charge in [-0.25, -0.2) is 4.79 Å². The predicted octanol–water partition coefficient (Wildman–Crippen LogP) is 5.13. The number of nitrogens with two attached hydrogens (primary N) is 1. The Balaban J connectivity index is 1.33. The van der Waals surface area contributed by atoms with Crippen molar-refractivity contribution in [3.8, 4) is 11.3 Å². The summed E-state index contributed by atoms with van der Waals surface area (Å²) in [6.45, 7) is 3.38. The van der Waals surface area contributed by atoms with Crippen LogP contribution in [0, 0.1) is 0 Å². The minimum Gasteiger partial charge on any atom is -0.396 e. The van der Waals surface area contributed by atoms with Crippen molar-refractivity contribution in [1.82, 2.24) is 9.88 Å². The van der Waals surface area contributed by atoms with Crippen molar-refractivity contribution >= 4 is 34.0 Å². The number of rotatable bonds is 5. The molecule has 2 saturated carbocycles. The summed E-state index contributed by atoms with van der Waals surface area (Å²) in [5, 5.41) is 7.10. The van der Waals surface area contributed by atoms with Gasteiger partial charge < -0.3 is 30.6 Å². The lowest BCUT2D eigenvalue weighted by atomic mass is 9.92. The van der Waals surface area contributed by atoms with Crippen LogP contribution in [0.1, 0.15) is 44.6 Å². The number of urea groups is 1. The van der Waals surface area contributed by atoms with Crippen LogP contribution in [0.25, 0.3) is 22.2 Å². The number of hydrogen-bond donors (Lipinski definition) is 3. The molecule has 178 valence electrons. The van der Waals surface area contributed by atoms with Gasteiger partial charge >= 0.3 is 6.03 Å². The number of fused-ring (bicyclic) bond motifs is 1. The molecule has 0 radical (unpaired) electrons. The molecule has 6 rings (SSSR count). The molecule has 3 aromatic rings. The fourth-order valence-electron chi connectivity index (χ4n) is 5.28. The number of amides is 2. The van der Waals surface area contributed by atoms with E-state index in [9.17, 15) is 4.79 Å². The van der Waals surface area contributed by atoms with Gasteiger partial charge in [-0.15, -0.1) is 0 Å². The lowest BCUT2D eigenvalue weighted by molar-refractivity contribution is 0.122. The summed E-state index contributed by atoms with van der Waals surface area (Å²) in [5.41, 5.74) is 13.0. The molecule has 3 fully saturated rings. The second-order valence-electron chi connectivity index (χ2n) is 9.82. The van der Waals surface area contributed by atoms with Crippen LogP contribution in [0.2, 0.25) is 0 Å². The smallest absolute Gasteiger partial charge is 0.319 e. The molecule has 2 aliphatic carbocycles. The summed E-state index contributed by atoms with van der Waals surface area (Å²) in [5.74, 6) is 0. The number of ether oxygens (including phenoxy) is 1. The van der Waals surface area contributed by atoms with Crippen molar-refractivity contribution in [3.05, 3.63) is 42.5 Å².